The number of nitrogens with zero attached hydrogens (tertiary/aromatic N) is 1. The first-order valence-electron chi connectivity index (χ1n) is 3.48. The molecule has 0 atom stereocenters. The van der Waals surface area contributed by atoms with Crippen molar-refractivity contribution in [1.29, 1.82) is 0 Å². The number of aromatic amines is 1. The van der Waals surface area contributed by atoms with E-state index in [1.54, 1.807) is 6.20 Å². The van der Waals surface area contributed by atoms with Crippen molar-refractivity contribution in [3.8, 4) is 0 Å². The van der Waals surface area contributed by atoms with Crippen LogP contribution in [0.15, 0.2) is 16.7 Å². The molecule has 0 bridgehead atoms. The lowest BCUT2D eigenvalue weighted by molar-refractivity contribution is 0.594. The molecule has 2 aromatic rings. The summed E-state index contributed by atoms with van der Waals surface area (Å²) in [5.74, 6) is -0.348. The predicted octanol–water partition coefficient (Wildman–Crippen LogP) is 2.77. The molecule has 0 amide bonds. The summed E-state index contributed by atoms with van der Waals surface area (Å²) in [7, 11) is 0. The minimum Gasteiger partial charge on any atom is -0.316 e. The molecule has 0 saturated carbocycles. The van der Waals surface area contributed by atoms with Crippen LogP contribution in [-0.4, -0.2) is 9.97 Å². The molecule has 2 rings (SSSR count). The maximum absolute atomic E-state index is 12.7. The number of H-pyrrole nitrogens is 1. The van der Waals surface area contributed by atoms with Crippen molar-refractivity contribution in [2.24, 2.45) is 0 Å². The van der Waals surface area contributed by atoms with Gasteiger partial charge in [-0.15, -0.1) is 0 Å². The monoisotopic (exact) mass is 228 g/mol. The van der Waals surface area contributed by atoms with Gasteiger partial charge < -0.3 is 4.98 Å². The number of hydrogen-bond donors (Lipinski definition) is 1. The third-order valence-corrected chi connectivity index (χ3v) is 2.63. The van der Waals surface area contributed by atoms with Gasteiger partial charge in [-0.2, -0.15) is 4.39 Å². The standard InChI is InChI=1S/C8H6BrFN2/c1-4-5-2-7(10)12-8(5)11-3-6(4)9/h2-3H,1H3,(H,11,12). The number of hydrogen-bond acceptors (Lipinski definition) is 1. The Morgan fingerprint density at radius 2 is 2.33 bits per heavy atom. The van der Waals surface area contributed by atoms with Gasteiger partial charge in [-0.25, -0.2) is 4.98 Å². The van der Waals surface area contributed by atoms with Crippen molar-refractivity contribution < 1.29 is 4.39 Å². The Hall–Kier alpha value is -0.900. The molecular formula is C8H6BrFN2. The molecule has 2 nitrogen and oxygen atoms in total. The van der Waals surface area contributed by atoms with Crippen molar-refractivity contribution in [2.75, 3.05) is 0 Å². The van der Waals surface area contributed by atoms with E-state index in [4.69, 9.17) is 0 Å². The van der Waals surface area contributed by atoms with Gasteiger partial charge in [-0.3, -0.25) is 0 Å². The summed E-state index contributed by atoms with van der Waals surface area (Å²) in [5.41, 5.74) is 1.59. The van der Waals surface area contributed by atoms with Crippen molar-refractivity contribution in [2.45, 2.75) is 6.92 Å². The number of nitrogens with one attached hydrogen (secondary N) is 1. The van der Waals surface area contributed by atoms with Crippen molar-refractivity contribution in [1.82, 2.24) is 9.97 Å². The van der Waals surface area contributed by atoms with Gasteiger partial charge in [-0.1, -0.05) is 0 Å². The lowest BCUT2D eigenvalue weighted by Crippen LogP contribution is -1.81. The van der Waals surface area contributed by atoms with Gasteiger partial charge in [0.25, 0.3) is 0 Å². The first kappa shape index (κ1) is 7.73. The van der Waals surface area contributed by atoms with Crippen molar-refractivity contribution >= 4 is 27.0 Å². The van der Waals surface area contributed by atoms with E-state index < -0.39 is 0 Å². The topological polar surface area (TPSA) is 28.7 Å². The third kappa shape index (κ3) is 1.03. The summed E-state index contributed by atoms with van der Waals surface area (Å²) >= 11 is 3.33. The molecular weight excluding hydrogens is 223 g/mol. The van der Waals surface area contributed by atoms with Gasteiger partial charge in [0, 0.05) is 22.1 Å². The highest BCUT2D eigenvalue weighted by molar-refractivity contribution is 9.10. The Kier molecular flexibility index (Phi) is 1.65. The van der Waals surface area contributed by atoms with Gasteiger partial charge in [-0.05, 0) is 28.4 Å². The molecule has 62 valence electrons. The molecule has 0 radical (unpaired) electrons. The van der Waals surface area contributed by atoms with Crippen LogP contribution >= 0.6 is 15.9 Å². The maximum Gasteiger partial charge on any atom is 0.193 e. The zero-order valence-corrected chi connectivity index (χ0v) is 7.94. The summed E-state index contributed by atoms with van der Waals surface area (Å²) in [6, 6.07) is 1.45. The number of rotatable bonds is 0. The molecule has 0 spiro atoms. The highest BCUT2D eigenvalue weighted by Crippen LogP contribution is 2.23. The molecule has 0 aromatic carbocycles. The largest absolute Gasteiger partial charge is 0.316 e. The van der Waals surface area contributed by atoms with E-state index in [1.807, 2.05) is 6.92 Å². The molecule has 0 saturated heterocycles. The van der Waals surface area contributed by atoms with Gasteiger partial charge in [0.15, 0.2) is 5.95 Å². The fourth-order valence-corrected chi connectivity index (χ4v) is 1.46. The number of pyridine rings is 1. The Balaban J connectivity index is 2.89. The third-order valence-electron chi connectivity index (χ3n) is 1.83. The molecule has 0 aliphatic heterocycles. The minimum absolute atomic E-state index is 0.348. The minimum atomic E-state index is -0.348. The average Bonchev–Trinajstić information content (AvgIpc) is 2.39. The van der Waals surface area contributed by atoms with Crippen molar-refractivity contribution in [3.05, 3.63) is 28.2 Å². The van der Waals surface area contributed by atoms with Crippen LogP contribution in [0.3, 0.4) is 0 Å². The second-order valence-electron chi connectivity index (χ2n) is 2.61. The smallest absolute Gasteiger partial charge is 0.193 e. The average molecular weight is 229 g/mol. The number of aryl methyl sites for hydroxylation is 1. The molecule has 12 heavy (non-hydrogen) atoms. The number of aromatic nitrogens is 2. The van der Waals surface area contributed by atoms with Crippen LogP contribution in [0.2, 0.25) is 0 Å². The normalized spacial score (nSPS) is 10.9. The summed E-state index contributed by atoms with van der Waals surface area (Å²) in [6.45, 7) is 1.92. The lowest BCUT2D eigenvalue weighted by Gasteiger charge is -1.96. The summed E-state index contributed by atoms with van der Waals surface area (Å²) < 4.78 is 13.6. The maximum atomic E-state index is 12.7. The molecule has 0 aliphatic rings. The molecule has 0 unspecified atom stereocenters. The second kappa shape index (κ2) is 2.55. The first-order chi connectivity index (χ1) is 5.68. The van der Waals surface area contributed by atoms with E-state index in [1.165, 1.54) is 6.07 Å². The van der Waals surface area contributed by atoms with E-state index in [0.29, 0.717) is 5.65 Å². The lowest BCUT2D eigenvalue weighted by atomic mass is 10.2. The van der Waals surface area contributed by atoms with Crippen LogP contribution in [0.4, 0.5) is 4.39 Å². The second-order valence-corrected chi connectivity index (χ2v) is 3.47. The van der Waals surface area contributed by atoms with Crippen LogP contribution in [0.25, 0.3) is 11.0 Å². The van der Waals surface area contributed by atoms with E-state index in [9.17, 15) is 4.39 Å². The van der Waals surface area contributed by atoms with E-state index >= 15 is 0 Å². The Morgan fingerprint density at radius 1 is 1.58 bits per heavy atom. The van der Waals surface area contributed by atoms with Gasteiger partial charge in [0.1, 0.15) is 5.65 Å². The van der Waals surface area contributed by atoms with Gasteiger partial charge in [0.2, 0.25) is 0 Å². The highest BCUT2D eigenvalue weighted by atomic mass is 79.9. The van der Waals surface area contributed by atoms with E-state index in [0.717, 1.165) is 15.4 Å². The molecule has 1 N–H and O–H groups in total. The summed E-state index contributed by atoms with van der Waals surface area (Å²) in [6.07, 6.45) is 1.66. The fourth-order valence-electron chi connectivity index (χ4n) is 1.15. The molecule has 0 aliphatic carbocycles. The van der Waals surface area contributed by atoms with Crippen LogP contribution < -0.4 is 0 Å². The van der Waals surface area contributed by atoms with E-state index in [2.05, 4.69) is 25.9 Å². The summed E-state index contributed by atoms with van der Waals surface area (Å²) in [4.78, 5) is 6.55. The van der Waals surface area contributed by atoms with Crippen LogP contribution in [0, 0.1) is 12.9 Å². The molecule has 0 fully saturated rings. The Labute approximate surface area is 76.9 Å². The first-order valence-corrected chi connectivity index (χ1v) is 4.27. The van der Waals surface area contributed by atoms with Crippen LogP contribution in [0.1, 0.15) is 5.56 Å². The Bertz CT molecular complexity index is 436. The van der Waals surface area contributed by atoms with Crippen molar-refractivity contribution in [3.63, 3.8) is 0 Å². The Morgan fingerprint density at radius 3 is 3.08 bits per heavy atom. The van der Waals surface area contributed by atoms with Gasteiger partial charge >= 0.3 is 0 Å². The van der Waals surface area contributed by atoms with Gasteiger partial charge in [0.05, 0.1) is 0 Å². The van der Waals surface area contributed by atoms with E-state index in [-0.39, 0.29) is 5.95 Å². The predicted molar refractivity (Wildman–Crippen MR) is 48.5 cm³/mol. The fraction of sp³-hybridized carbons (Fsp3) is 0.125. The SMILES string of the molecule is Cc1c(Br)cnc2[nH]c(F)cc12. The molecule has 2 heterocycles. The highest BCUT2D eigenvalue weighted by Gasteiger charge is 2.05. The quantitative estimate of drug-likeness (QED) is 0.739. The van der Waals surface area contributed by atoms with Crippen LogP contribution in [-0.2, 0) is 0 Å². The molecule has 2 aromatic heterocycles. The van der Waals surface area contributed by atoms with Crippen LogP contribution in [0.5, 0.6) is 0 Å². The summed E-state index contributed by atoms with van der Waals surface area (Å²) in [5, 5.41) is 0.821. The number of halogens is 2. The number of fused-ring (bicyclic) bond motifs is 1. The molecule has 4 heteroatoms. The zero-order valence-electron chi connectivity index (χ0n) is 6.36. The zero-order chi connectivity index (χ0) is 8.72.